The Bertz CT molecular complexity index is 74.1. The summed E-state index contributed by atoms with van der Waals surface area (Å²) in [4.78, 5) is 0. The van der Waals surface area contributed by atoms with Crippen molar-refractivity contribution in [2.75, 3.05) is 0 Å². The molecule has 0 saturated carbocycles. The Kier molecular flexibility index (Phi) is 28400000. The molecule has 0 aromatic carbocycles. The molecule has 0 aromatic heterocycles. The van der Waals surface area contributed by atoms with Crippen molar-refractivity contribution in [1.82, 2.24) is 486 Å². The predicted molar refractivity (Wildman–Crippen MR) is 473 cm³/mol. The second-order valence-corrected chi connectivity index (χ2v) is 0. The van der Waals surface area contributed by atoms with Crippen LogP contribution >= 0.6 is 0 Å². The van der Waals surface area contributed by atoms with Crippen LogP contribution in [0.5, 0.6) is 0 Å². The van der Waals surface area contributed by atoms with Gasteiger partial charge >= 0.3 is 0 Å². The van der Waals surface area contributed by atoms with Gasteiger partial charge in [0.2, 0.25) is 0 Å². The molecule has 0 fully saturated rings. The van der Waals surface area contributed by atoms with Gasteiger partial charge in [0.05, 0.1) is 0 Å². The Hall–Kier alpha value is -4.00. The lowest BCUT2D eigenvalue weighted by atomic mass is 14.0. The molecule has 0 heterocycles. The standard InChI is InChI=1S/79H3N.21H2O/h79*1H3;21*1H2. The molecule has 800 valence electrons. The first-order valence-electron chi connectivity index (χ1n) is 0. The average Bonchev–Trinajstić information content (AvgIpc) is 0. The van der Waals surface area contributed by atoms with E-state index < -0.39 is 0 Å². The zero-order valence-electron chi connectivity index (χ0n) is 66.4. The summed E-state index contributed by atoms with van der Waals surface area (Å²) in [6.45, 7) is 0. The molecule has 100 heavy (non-hydrogen) atoms. The Morgan fingerprint density at radius 2 is 0.0200 bits per heavy atom. The highest BCUT2D eigenvalue weighted by molar-refractivity contribution is 2.21. The van der Waals surface area contributed by atoms with Crippen LogP contribution in [0.25, 0.3) is 0 Å². The molecule has 100 heteroatoms. The molecule has 0 aromatic rings. The minimum Gasteiger partial charge on any atom is -0.412 e. The molecular formula is H279N79O21. The van der Waals surface area contributed by atoms with Crippen molar-refractivity contribution < 1.29 is 115 Å². The van der Waals surface area contributed by atoms with Gasteiger partial charge in [0.15, 0.2) is 0 Å². The van der Waals surface area contributed by atoms with E-state index in [0.717, 1.165) is 0 Å². The molecule has 0 aliphatic heterocycles. The summed E-state index contributed by atoms with van der Waals surface area (Å²) in [5.41, 5.74) is 0. The van der Waals surface area contributed by atoms with Crippen LogP contribution in [0.3, 0.4) is 0 Å². The minimum absolute atomic E-state index is 0. The first-order valence-corrected chi connectivity index (χ1v) is 0. The van der Waals surface area contributed by atoms with Gasteiger partial charge in [-0.15, -0.1) is 0 Å². The van der Waals surface area contributed by atoms with Crippen LogP contribution in [0.2, 0.25) is 0 Å². The molecule has 0 bridgehead atoms. The van der Waals surface area contributed by atoms with Gasteiger partial charge in [-0.2, -0.15) is 0 Å². The van der Waals surface area contributed by atoms with E-state index >= 15 is 0 Å². The van der Waals surface area contributed by atoms with E-state index in [4.69, 9.17) is 0 Å². The van der Waals surface area contributed by atoms with Crippen LogP contribution in [0.1, 0.15) is 0 Å². The topological polar surface area (TPSA) is 3430 Å². The molecule has 0 atom stereocenters. The lowest BCUT2D eigenvalue weighted by molar-refractivity contribution is 0.823. The minimum atomic E-state index is 0. The second-order valence-electron chi connectivity index (χ2n) is 0. The quantitative estimate of drug-likeness (QED) is 0.109. The van der Waals surface area contributed by atoms with E-state index in [2.05, 4.69) is 0 Å². The highest BCUT2D eigenvalue weighted by atomic mass is 16.0. The smallest absolute Gasteiger partial charge is 0.344 e. The third kappa shape index (κ3) is 50800. The van der Waals surface area contributed by atoms with Crippen LogP contribution in [-0.4, -0.2) is 115 Å². The molecule has 0 amide bonds. The summed E-state index contributed by atoms with van der Waals surface area (Å²) in [6.07, 6.45) is 0. The van der Waals surface area contributed by atoms with Crippen LogP contribution in [0.4, 0.5) is 0 Å². The lowest BCUT2D eigenvalue weighted by Gasteiger charge is -0.413. The molecule has 0 saturated heterocycles. The highest BCUT2D eigenvalue weighted by Crippen LogP contribution is -0.258. The van der Waals surface area contributed by atoms with E-state index in [1.165, 1.54) is 0 Å². The number of hydrogen-bond acceptors (Lipinski definition) is 79. The fraction of sp³-hybridized carbons (Fsp3) is 0. The summed E-state index contributed by atoms with van der Waals surface area (Å²) in [7, 11) is 0. The van der Waals surface area contributed by atoms with Crippen molar-refractivity contribution >= 4 is 0 Å². The normalized spacial score (nSPS) is 0. The molecule has 0 aliphatic rings. The van der Waals surface area contributed by atoms with Crippen molar-refractivity contribution in [2.24, 2.45) is 0 Å². The Morgan fingerprint density at radius 1 is 0.0200 bits per heavy atom. The predicted octanol–water partition coefficient (Wildman–Crippen LogP) is -4.52. The lowest BCUT2D eigenvalue weighted by Crippen LogP contribution is -0.482. The second kappa shape index (κ2) is 52500. The summed E-state index contributed by atoms with van der Waals surface area (Å²) in [5, 5.41) is 0. The molecule has 0 spiro atoms. The summed E-state index contributed by atoms with van der Waals surface area (Å²) >= 11 is 0. The van der Waals surface area contributed by atoms with Gasteiger partial charge in [-0.25, -0.2) is 0 Å². The maximum atomic E-state index is 0. The number of hydrogen-bond donors (Lipinski definition) is 79. The van der Waals surface area contributed by atoms with E-state index in [9.17, 15) is 0 Å². The third-order valence-electron chi connectivity index (χ3n) is 0. The molecular weight excluding hydrogens is 1440 g/mol. The monoisotopic (exact) mass is 1720 g/mol. The van der Waals surface area contributed by atoms with Gasteiger partial charge in [0, 0.05) is 0 Å². The van der Waals surface area contributed by atoms with Crippen LogP contribution in [0, 0.1) is 0 Å². The van der Waals surface area contributed by atoms with Crippen molar-refractivity contribution in [1.29, 1.82) is 0 Å². The molecule has 0 aliphatic carbocycles. The van der Waals surface area contributed by atoms with E-state index in [-0.39, 0.29) is 601 Å². The fourth-order valence-corrected chi connectivity index (χ4v) is 0. The van der Waals surface area contributed by atoms with Crippen LogP contribution < -0.4 is 486 Å². The first kappa shape index (κ1) is 54100. The molecule has 0 radical (unpaired) electrons. The van der Waals surface area contributed by atoms with Gasteiger partial charge in [-0.05, 0) is 0 Å². The van der Waals surface area contributed by atoms with E-state index in [0.29, 0.717) is 0 Å². The van der Waals surface area contributed by atoms with Crippen LogP contribution in [-0.2, 0) is 0 Å². The average molecular weight is 1720 g/mol. The van der Waals surface area contributed by atoms with E-state index in [1.54, 1.807) is 0 Å². The van der Waals surface area contributed by atoms with Crippen molar-refractivity contribution in [3.8, 4) is 0 Å². The van der Waals surface area contributed by atoms with Crippen molar-refractivity contribution in [2.45, 2.75) is 0 Å². The maximum Gasteiger partial charge on any atom is -0.344 e. The molecule has 0 unspecified atom stereocenters. The summed E-state index contributed by atoms with van der Waals surface area (Å²) in [6, 6.07) is 0. The summed E-state index contributed by atoms with van der Waals surface area (Å²) in [5.74, 6) is 0. The zero-order valence-corrected chi connectivity index (χ0v) is 66.4. The first-order chi connectivity index (χ1) is 0. The summed E-state index contributed by atoms with van der Waals surface area (Å²) < 4.78 is 0. The van der Waals surface area contributed by atoms with Crippen molar-refractivity contribution in [3.05, 3.63) is 0 Å². The zero-order chi connectivity index (χ0) is 0. The van der Waals surface area contributed by atoms with Gasteiger partial charge < -0.3 is 601 Å². The van der Waals surface area contributed by atoms with Gasteiger partial charge in [-0.1, -0.05) is 0 Å². The molecule has 100 nitrogen and oxygen atoms in total. The van der Waals surface area contributed by atoms with Crippen molar-refractivity contribution in [3.63, 3.8) is 0 Å². The van der Waals surface area contributed by atoms with Crippen LogP contribution in [0.15, 0.2) is 0 Å². The Balaban J connectivity index is 0. The largest absolute Gasteiger partial charge is 0.412 e. The third-order valence-corrected chi connectivity index (χ3v) is 0. The van der Waals surface area contributed by atoms with Gasteiger partial charge in [-0.3, -0.25) is 0 Å². The molecule has 279 N–H and O–H groups in total. The fourth-order valence-electron chi connectivity index (χ4n) is 0. The van der Waals surface area contributed by atoms with Gasteiger partial charge in [0.25, 0.3) is 0 Å². The molecule has 0 rings (SSSR count). The SMILES string of the molecule is N.N.N.N.N.N.N.N.N.N.N.N.N.N.N.N.N.N.N.N.N.N.N.N.N.N.N.N.N.N.N.N.N.N.N.N.N.N.N.N.N.N.N.N.N.N.N.N.N.N.N.N.N.N.N.N.N.N.N.N.N.N.N.N.N.N.N.N.N.N.N.N.N.N.N.N.N.N.N.O.O.O.O.O.O.O.O.O.O.O.O.O.O.O.O.O.O.O.O.O. The maximum absolute atomic E-state index is 0. The van der Waals surface area contributed by atoms with Gasteiger partial charge in [0.1, 0.15) is 0 Å². The number of rotatable bonds is 0. The Labute approximate surface area is 601 Å². The highest BCUT2D eigenvalue weighted by Gasteiger charge is -0.254. The van der Waals surface area contributed by atoms with E-state index in [1.807, 2.05) is 0 Å². The Morgan fingerprint density at radius 3 is 0.0200 bits per heavy atom.